The SMILES string of the molecule is CN(C)[C@H](CNC(=O)N1CCN(S(=O)(=O)c2ccccc2)CC1)c1ccsc1. The summed E-state index contributed by atoms with van der Waals surface area (Å²) in [5.74, 6) is 0. The van der Waals surface area contributed by atoms with Crippen molar-refractivity contribution in [3.05, 3.63) is 52.7 Å². The number of urea groups is 1. The van der Waals surface area contributed by atoms with E-state index in [9.17, 15) is 13.2 Å². The number of likely N-dealkylation sites (N-methyl/N-ethyl adjacent to an activating group) is 1. The van der Waals surface area contributed by atoms with Crippen LogP contribution in [0.25, 0.3) is 0 Å². The fraction of sp³-hybridized carbons (Fsp3) is 0.421. The quantitative estimate of drug-likeness (QED) is 0.774. The third-order valence-corrected chi connectivity index (χ3v) is 7.52. The fourth-order valence-electron chi connectivity index (χ4n) is 3.23. The molecule has 1 aliphatic heterocycles. The maximum Gasteiger partial charge on any atom is 0.317 e. The van der Waals surface area contributed by atoms with Crippen LogP contribution in [0.1, 0.15) is 11.6 Å². The standard InChI is InChI=1S/C19H26N4O3S2/c1-21(2)18(16-8-13-27-15-16)14-20-19(24)22-9-11-23(12-10-22)28(25,26)17-6-4-3-5-7-17/h3-8,13,15,18H,9-12,14H2,1-2H3,(H,20,24)/t18-/m1/s1. The Morgan fingerprint density at radius 2 is 1.82 bits per heavy atom. The van der Waals surface area contributed by atoms with Gasteiger partial charge in [0, 0.05) is 32.7 Å². The van der Waals surface area contributed by atoms with Crippen LogP contribution in [0, 0.1) is 0 Å². The van der Waals surface area contributed by atoms with E-state index in [0.717, 1.165) is 0 Å². The van der Waals surface area contributed by atoms with Crippen LogP contribution in [0.5, 0.6) is 0 Å². The maximum absolute atomic E-state index is 12.7. The minimum Gasteiger partial charge on any atom is -0.336 e. The van der Waals surface area contributed by atoms with Gasteiger partial charge in [0.25, 0.3) is 0 Å². The molecule has 1 atom stereocenters. The van der Waals surface area contributed by atoms with Crippen LogP contribution in [0.3, 0.4) is 0 Å². The summed E-state index contributed by atoms with van der Waals surface area (Å²) in [6, 6.07) is 10.4. The first-order valence-corrected chi connectivity index (χ1v) is 11.5. The van der Waals surface area contributed by atoms with E-state index in [1.165, 1.54) is 9.87 Å². The zero-order chi connectivity index (χ0) is 20.1. The number of rotatable bonds is 6. The summed E-state index contributed by atoms with van der Waals surface area (Å²) in [5.41, 5.74) is 1.18. The zero-order valence-electron chi connectivity index (χ0n) is 16.1. The largest absolute Gasteiger partial charge is 0.336 e. The van der Waals surface area contributed by atoms with E-state index >= 15 is 0 Å². The first kappa shape index (κ1) is 20.8. The van der Waals surface area contributed by atoms with Gasteiger partial charge in [-0.1, -0.05) is 18.2 Å². The van der Waals surface area contributed by atoms with E-state index in [2.05, 4.69) is 21.7 Å². The fourth-order valence-corrected chi connectivity index (χ4v) is 5.38. The lowest BCUT2D eigenvalue weighted by molar-refractivity contribution is 0.168. The number of hydrogen-bond acceptors (Lipinski definition) is 5. The van der Waals surface area contributed by atoms with Gasteiger partial charge in [0.15, 0.2) is 0 Å². The molecule has 0 spiro atoms. The predicted molar refractivity (Wildman–Crippen MR) is 111 cm³/mol. The molecule has 28 heavy (non-hydrogen) atoms. The summed E-state index contributed by atoms with van der Waals surface area (Å²) in [7, 11) is 0.467. The Hall–Kier alpha value is -1.94. The molecule has 9 heteroatoms. The van der Waals surface area contributed by atoms with Gasteiger partial charge in [0.1, 0.15) is 0 Å². The monoisotopic (exact) mass is 422 g/mol. The molecule has 0 unspecified atom stereocenters. The molecule has 0 aliphatic carbocycles. The molecule has 1 aliphatic rings. The molecule has 0 radical (unpaired) electrons. The molecule has 1 aromatic heterocycles. The minimum atomic E-state index is -3.51. The summed E-state index contributed by atoms with van der Waals surface area (Å²) in [6.07, 6.45) is 0. The number of amides is 2. The minimum absolute atomic E-state index is 0.106. The van der Waals surface area contributed by atoms with Gasteiger partial charge in [-0.2, -0.15) is 15.6 Å². The number of hydrogen-bond donors (Lipinski definition) is 1. The molecule has 7 nitrogen and oxygen atoms in total. The summed E-state index contributed by atoms with van der Waals surface area (Å²) >= 11 is 1.64. The number of benzene rings is 1. The van der Waals surface area contributed by atoms with E-state index in [4.69, 9.17) is 0 Å². The van der Waals surface area contributed by atoms with Crippen LogP contribution in [0.4, 0.5) is 4.79 Å². The van der Waals surface area contributed by atoms with Crippen molar-refractivity contribution in [1.82, 2.24) is 19.4 Å². The van der Waals surface area contributed by atoms with E-state index in [0.29, 0.717) is 32.7 Å². The number of carbonyl (C=O) groups excluding carboxylic acids is 1. The van der Waals surface area contributed by atoms with Crippen molar-refractivity contribution in [2.24, 2.45) is 0 Å². The van der Waals surface area contributed by atoms with Crippen molar-refractivity contribution in [3.8, 4) is 0 Å². The van der Waals surface area contributed by atoms with E-state index in [1.807, 2.05) is 19.5 Å². The van der Waals surface area contributed by atoms with Crippen LogP contribution in [0.2, 0.25) is 0 Å². The molecule has 2 aromatic rings. The van der Waals surface area contributed by atoms with Crippen molar-refractivity contribution in [1.29, 1.82) is 0 Å². The van der Waals surface area contributed by atoms with E-state index in [-0.39, 0.29) is 17.0 Å². The predicted octanol–water partition coefficient (Wildman–Crippen LogP) is 2.07. The van der Waals surface area contributed by atoms with E-state index in [1.54, 1.807) is 46.6 Å². The number of thiophene rings is 1. The Morgan fingerprint density at radius 1 is 1.14 bits per heavy atom. The second-order valence-corrected chi connectivity index (χ2v) is 9.64. The maximum atomic E-state index is 12.7. The van der Waals surface area contributed by atoms with Gasteiger partial charge in [0.05, 0.1) is 10.9 Å². The van der Waals surface area contributed by atoms with Crippen LogP contribution in [-0.4, -0.2) is 75.4 Å². The number of nitrogens with zero attached hydrogens (tertiary/aromatic N) is 3. The molecule has 0 bridgehead atoms. The Labute approximate surface area is 170 Å². The summed E-state index contributed by atoms with van der Waals surface area (Å²) < 4.78 is 26.8. The van der Waals surface area contributed by atoms with Gasteiger partial charge in [-0.05, 0) is 48.6 Å². The Bertz CT molecular complexity index is 862. The highest BCUT2D eigenvalue weighted by atomic mass is 32.2. The Morgan fingerprint density at radius 3 is 2.39 bits per heavy atom. The van der Waals surface area contributed by atoms with Crippen LogP contribution < -0.4 is 5.32 Å². The smallest absolute Gasteiger partial charge is 0.317 e. The Balaban J connectivity index is 1.54. The number of sulfonamides is 1. The van der Waals surface area contributed by atoms with Crippen LogP contribution in [0.15, 0.2) is 52.1 Å². The lowest BCUT2D eigenvalue weighted by Gasteiger charge is -2.34. The van der Waals surface area contributed by atoms with E-state index < -0.39 is 10.0 Å². The normalized spacial score (nSPS) is 16.9. The van der Waals surface area contributed by atoms with Gasteiger partial charge in [-0.25, -0.2) is 13.2 Å². The van der Waals surface area contributed by atoms with Gasteiger partial charge in [-0.15, -0.1) is 0 Å². The molecular weight excluding hydrogens is 396 g/mol. The molecule has 1 N–H and O–H groups in total. The summed E-state index contributed by atoms with van der Waals surface area (Å²) in [6.45, 7) is 1.86. The molecule has 0 saturated carbocycles. The highest BCUT2D eigenvalue weighted by Crippen LogP contribution is 2.20. The molecule has 1 aromatic carbocycles. The van der Waals surface area contributed by atoms with Crippen LogP contribution in [-0.2, 0) is 10.0 Å². The third kappa shape index (κ3) is 4.72. The summed E-state index contributed by atoms with van der Waals surface area (Å²) in [4.78, 5) is 16.6. The average molecular weight is 423 g/mol. The second-order valence-electron chi connectivity index (χ2n) is 6.93. The van der Waals surface area contributed by atoms with Gasteiger partial charge < -0.3 is 15.1 Å². The lowest BCUT2D eigenvalue weighted by Crippen LogP contribution is -2.53. The molecule has 1 saturated heterocycles. The van der Waals surface area contributed by atoms with Gasteiger partial charge in [0.2, 0.25) is 10.0 Å². The second kappa shape index (κ2) is 9.04. The van der Waals surface area contributed by atoms with Gasteiger partial charge in [-0.3, -0.25) is 0 Å². The summed E-state index contributed by atoms with van der Waals surface area (Å²) in [5, 5.41) is 7.10. The highest BCUT2D eigenvalue weighted by Gasteiger charge is 2.30. The number of nitrogens with one attached hydrogen (secondary N) is 1. The highest BCUT2D eigenvalue weighted by molar-refractivity contribution is 7.89. The first-order valence-electron chi connectivity index (χ1n) is 9.16. The Kier molecular flexibility index (Phi) is 6.71. The zero-order valence-corrected chi connectivity index (χ0v) is 17.7. The van der Waals surface area contributed by atoms with Crippen molar-refractivity contribution < 1.29 is 13.2 Å². The molecule has 2 heterocycles. The molecule has 2 amide bonds. The van der Waals surface area contributed by atoms with Crippen molar-refractivity contribution in [2.45, 2.75) is 10.9 Å². The van der Waals surface area contributed by atoms with Crippen molar-refractivity contribution in [3.63, 3.8) is 0 Å². The van der Waals surface area contributed by atoms with Gasteiger partial charge >= 0.3 is 6.03 Å². The van der Waals surface area contributed by atoms with Crippen molar-refractivity contribution in [2.75, 3.05) is 46.8 Å². The topological polar surface area (TPSA) is 73.0 Å². The lowest BCUT2D eigenvalue weighted by atomic mass is 10.1. The first-order chi connectivity index (χ1) is 13.4. The van der Waals surface area contributed by atoms with Crippen LogP contribution >= 0.6 is 11.3 Å². The third-order valence-electron chi connectivity index (χ3n) is 4.90. The number of carbonyl (C=O) groups is 1. The van der Waals surface area contributed by atoms with Crippen molar-refractivity contribution >= 4 is 27.4 Å². The molecular formula is C19H26N4O3S2. The average Bonchev–Trinajstić information content (AvgIpc) is 3.23. The molecule has 3 rings (SSSR count). The number of piperazine rings is 1. The molecule has 1 fully saturated rings. The molecule has 152 valence electrons.